The van der Waals surface area contributed by atoms with Crippen LogP contribution in [-0.4, -0.2) is 11.8 Å². The Morgan fingerprint density at radius 1 is 1.04 bits per heavy atom. The zero-order valence-corrected chi connectivity index (χ0v) is 13.6. The van der Waals surface area contributed by atoms with Gasteiger partial charge in [0, 0.05) is 23.3 Å². The first-order chi connectivity index (χ1) is 11.5. The van der Waals surface area contributed by atoms with Gasteiger partial charge in [0.05, 0.1) is 0 Å². The third-order valence-electron chi connectivity index (χ3n) is 3.03. The number of hydrogen-bond acceptors (Lipinski definition) is 3. The Balaban J connectivity index is 2.14. The van der Waals surface area contributed by atoms with Gasteiger partial charge in [-0.3, -0.25) is 9.59 Å². The van der Waals surface area contributed by atoms with Crippen molar-refractivity contribution < 1.29 is 9.59 Å². The molecule has 2 rings (SSSR count). The number of nitrogens with zero attached hydrogens (tertiary/aromatic N) is 1. The van der Waals surface area contributed by atoms with Crippen molar-refractivity contribution in [1.29, 1.82) is 5.26 Å². The molecule has 2 N–H and O–H groups in total. The van der Waals surface area contributed by atoms with E-state index in [0.29, 0.717) is 22.0 Å². The van der Waals surface area contributed by atoms with Gasteiger partial charge in [0.15, 0.2) is 0 Å². The second kappa shape index (κ2) is 7.95. The van der Waals surface area contributed by atoms with Crippen LogP contribution in [0.5, 0.6) is 0 Å². The fraction of sp³-hybridized carbons (Fsp3) is 0.0556. The Hall–Kier alpha value is -3.10. The van der Waals surface area contributed by atoms with Gasteiger partial charge in [0.25, 0.3) is 5.91 Å². The summed E-state index contributed by atoms with van der Waals surface area (Å²) in [5, 5.41) is 14.9. The van der Waals surface area contributed by atoms with E-state index in [0.717, 1.165) is 0 Å². The van der Waals surface area contributed by atoms with Crippen LogP contribution in [0.4, 0.5) is 11.4 Å². The lowest BCUT2D eigenvalue weighted by Crippen LogP contribution is -2.13. The molecule has 0 aliphatic heterocycles. The minimum Gasteiger partial charge on any atom is -0.326 e. The van der Waals surface area contributed by atoms with Crippen molar-refractivity contribution >= 4 is 40.9 Å². The maximum absolute atomic E-state index is 12.2. The van der Waals surface area contributed by atoms with Crippen molar-refractivity contribution in [2.45, 2.75) is 6.92 Å². The van der Waals surface area contributed by atoms with Gasteiger partial charge in [0.1, 0.15) is 11.6 Å². The van der Waals surface area contributed by atoms with Gasteiger partial charge in [-0.1, -0.05) is 29.8 Å². The summed E-state index contributed by atoms with van der Waals surface area (Å²) >= 11 is 6.03. The van der Waals surface area contributed by atoms with Gasteiger partial charge in [-0.15, -0.1) is 0 Å². The number of benzene rings is 2. The SMILES string of the molecule is CC(=O)Nc1ccc(NC(=O)C(C#N)=Cc2ccccc2Cl)cc1. The molecule has 0 bridgehead atoms. The lowest BCUT2D eigenvalue weighted by molar-refractivity contribution is -0.114. The van der Waals surface area contributed by atoms with Gasteiger partial charge in [-0.25, -0.2) is 0 Å². The van der Waals surface area contributed by atoms with Crippen LogP contribution in [0, 0.1) is 11.3 Å². The summed E-state index contributed by atoms with van der Waals surface area (Å²) in [4.78, 5) is 23.2. The van der Waals surface area contributed by atoms with E-state index in [-0.39, 0.29) is 11.5 Å². The number of carbonyl (C=O) groups excluding carboxylic acids is 2. The topological polar surface area (TPSA) is 82.0 Å². The maximum atomic E-state index is 12.2. The molecule has 2 aromatic rings. The normalized spacial score (nSPS) is 10.6. The summed E-state index contributed by atoms with van der Waals surface area (Å²) in [7, 11) is 0. The first-order valence-electron chi connectivity index (χ1n) is 7.05. The molecule has 0 aliphatic carbocycles. The third-order valence-corrected chi connectivity index (χ3v) is 3.38. The van der Waals surface area contributed by atoms with Crippen LogP contribution in [-0.2, 0) is 9.59 Å². The quantitative estimate of drug-likeness (QED) is 0.655. The second-order valence-corrected chi connectivity index (χ2v) is 5.31. The monoisotopic (exact) mass is 339 g/mol. The molecule has 0 atom stereocenters. The van der Waals surface area contributed by atoms with Gasteiger partial charge in [-0.05, 0) is 42.0 Å². The van der Waals surface area contributed by atoms with Crippen LogP contribution in [0.15, 0.2) is 54.1 Å². The fourth-order valence-electron chi connectivity index (χ4n) is 1.93. The molecule has 2 amide bonds. The molecule has 0 saturated heterocycles. The van der Waals surface area contributed by atoms with E-state index >= 15 is 0 Å². The summed E-state index contributed by atoms with van der Waals surface area (Å²) in [6.07, 6.45) is 1.43. The molecule has 6 heteroatoms. The number of anilines is 2. The smallest absolute Gasteiger partial charge is 0.266 e. The zero-order valence-electron chi connectivity index (χ0n) is 12.8. The largest absolute Gasteiger partial charge is 0.326 e. The summed E-state index contributed by atoms with van der Waals surface area (Å²) < 4.78 is 0. The van der Waals surface area contributed by atoms with Crippen molar-refractivity contribution in [2.24, 2.45) is 0 Å². The number of nitrogens with one attached hydrogen (secondary N) is 2. The molecule has 0 aromatic heterocycles. The summed E-state index contributed by atoms with van der Waals surface area (Å²) in [6.45, 7) is 1.41. The molecule has 0 aliphatic rings. The highest BCUT2D eigenvalue weighted by molar-refractivity contribution is 6.32. The predicted octanol–water partition coefficient (Wildman–Crippen LogP) is 3.84. The third kappa shape index (κ3) is 4.70. The van der Waals surface area contributed by atoms with Crippen molar-refractivity contribution in [3.8, 4) is 6.07 Å². The highest BCUT2D eigenvalue weighted by Crippen LogP contribution is 2.19. The molecule has 2 aromatic carbocycles. The molecule has 0 fully saturated rings. The minimum atomic E-state index is -0.537. The first-order valence-corrected chi connectivity index (χ1v) is 7.42. The van der Waals surface area contributed by atoms with E-state index < -0.39 is 5.91 Å². The Labute approximate surface area is 144 Å². The molecule has 24 heavy (non-hydrogen) atoms. The van der Waals surface area contributed by atoms with E-state index in [1.165, 1.54) is 13.0 Å². The molecule has 0 saturated carbocycles. The maximum Gasteiger partial charge on any atom is 0.266 e. The Kier molecular flexibility index (Phi) is 5.72. The second-order valence-electron chi connectivity index (χ2n) is 4.90. The summed E-state index contributed by atoms with van der Waals surface area (Å²) in [5.74, 6) is -0.717. The first kappa shape index (κ1) is 17.3. The molecular formula is C18H14ClN3O2. The van der Waals surface area contributed by atoms with E-state index in [1.54, 1.807) is 48.5 Å². The van der Waals surface area contributed by atoms with Crippen LogP contribution in [0.3, 0.4) is 0 Å². The zero-order chi connectivity index (χ0) is 17.5. The molecule has 120 valence electrons. The fourth-order valence-corrected chi connectivity index (χ4v) is 2.13. The highest BCUT2D eigenvalue weighted by Gasteiger charge is 2.10. The summed E-state index contributed by atoms with van der Waals surface area (Å²) in [6, 6.07) is 15.4. The number of halogens is 1. The van der Waals surface area contributed by atoms with Gasteiger partial charge >= 0.3 is 0 Å². The Morgan fingerprint density at radius 2 is 1.62 bits per heavy atom. The summed E-state index contributed by atoms with van der Waals surface area (Å²) in [5.41, 5.74) is 1.66. The van der Waals surface area contributed by atoms with Crippen molar-refractivity contribution in [2.75, 3.05) is 10.6 Å². The van der Waals surface area contributed by atoms with Crippen molar-refractivity contribution in [3.05, 3.63) is 64.7 Å². The van der Waals surface area contributed by atoms with E-state index in [4.69, 9.17) is 11.6 Å². The molecular weight excluding hydrogens is 326 g/mol. The van der Waals surface area contributed by atoms with E-state index in [2.05, 4.69) is 10.6 Å². The number of nitriles is 1. The Morgan fingerprint density at radius 3 is 2.17 bits per heavy atom. The minimum absolute atomic E-state index is 0.0611. The standard InChI is InChI=1S/C18H14ClN3O2/c1-12(23)21-15-6-8-16(9-7-15)22-18(24)14(11-20)10-13-4-2-3-5-17(13)19/h2-10H,1H3,(H,21,23)(H,22,24). The van der Waals surface area contributed by atoms with Crippen LogP contribution in [0.2, 0.25) is 5.02 Å². The lowest BCUT2D eigenvalue weighted by atomic mass is 10.1. The number of carbonyl (C=O) groups is 2. The van der Waals surface area contributed by atoms with Crippen LogP contribution < -0.4 is 10.6 Å². The van der Waals surface area contributed by atoms with Gasteiger partial charge in [-0.2, -0.15) is 5.26 Å². The molecule has 5 nitrogen and oxygen atoms in total. The number of hydrogen-bond donors (Lipinski definition) is 2. The van der Waals surface area contributed by atoms with Crippen LogP contribution in [0.25, 0.3) is 6.08 Å². The van der Waals surface area contributed by atoms with E-state index in [1.807, 2.05) is 6.07 Å². The van der Waals surface area contributed by atoms with Crippen LogP contribution in [0.1, 0.15) is 12.5 Å². The average molecular weight is 340 g/mol. The molecule has 0 heterocycles. The number of rotatable bonds is 4. The Bertz CT molecular complexity index is 836. The molecule has 0 unspecified atom stereocenters. The van der Waals surface area contributed by atoms with E-state index in [9.17, 15) is 14.9 Å². The predicted molar refractivity (Wildman–Crippen MR) is 94.4 cm³/mol. The van der Waals surface area contributed by atoms with Crippen molar-refractivity contribution in [1.82, 2.24) is 0 Å². The van der Waals surface area contributed by atoms with Crippen molar-refractivity contribution in [3.63, 3.8) is 0 Å². The van der Waals surface area contributed by atoms with Gasteiger partial charge in [0.2, 0.25) is 5.91 Å². The number of amides is 2. The molecule has 0 radical (unpaired) electrons. The molecule has 0 spiro atoms. The lowest BCUT2D eigenvalue weighted by Gasteiger charge is -2.06. The van der Waals surface area contributed by atoms with Gasteiger partial charge < -0.3 is 10.6 Å². The van der Waals surface area contributed by atoms with Crippen LogP contribution >= 0.6 is 11.6 Å². The average Bonchev–Trinajstić information content (AvgIpc) is 2.55. The highest BCUT2D eigenvalue weighted by atomic mass is 35.5.